The number of hydrogen-bond donors (Lipinski definition) is 1. The average molecular weight is 141 g/mol. The number of rotatable bonds is 3. The SMILES string of the molecule is C[C@H](CN)CC1CC1(C)C. The third-order valence-corrected chi connectivity index (χ3v) is 2.81. The molecule has 1 aliphatic rings. The normalized spacial score (nSPS) is 31.8. The monoisotopic (exact) mass is 141 g/mol. The van der Waals surface area contributed by atoms with Gasteiger partial charge in [0.05, 0.1) is 0 Å². The highest BCUT2D eigenvalue weighted by Gasteiger charge is 2.45. The van der Waals surface area contributed by atoms with Crippen LogP contribution < -0.4 is 5.73 Å². The Morgan fingerprint density at radius 3 is 2.40 bits per heavy atom. The van der Waals surface area contributed by atoms with Crippen molar-refractivity contribution in [3.63, 3.8) is 0 Å². The minimum absolute atomic E-state index is 0.642. The maximum absolute atomic E-state index is 5.54. The highest BCUT2D eigenvalue weighted by atomic mass is 14.6. The fourth-order valence-corrected chi connectivity index (χ4v) is 1.56. The van der Waals surface area contributed by atoms with E-state index in [1.54, 1.807) is 0 Å². The van der Waals surface area contributed by atoms with E-state index in [9.17, 15) is 0 Å². The first-order valence-corrected chi connectivity index (χ1v) is 4.26. The smallest absolute Gasteiger partial charge is 0.00514 e. The van der Waals surface area contributed by atoms with Crippen LogP contribution in [-0.4, -0.2) is 6.54 Å². The van der Waals surface area contributed by atoms with Crippen molar-refractivity contribution in [2.75, 3.05) is 6.54 Å². The molecule has 1 heteroatoms. The molecule has 0 aromatic heterocycles. The minimum Gasteiger partial charge on any atom is -0.330 e. The van der Waals surface area contributed by atoms with Gasteiger partial charge in [-0.05, 0) is 36.6 Å². The van der Waals surface area contributed by atoms with Crippen molar-refractivity contribution in [1.82, 2.24) is 0 Å². The molecule has 1 aliphatic carbocycles. The second kappa shape index (κ2) is 2.54. The van der Waals surface area contributed by atoms with Crippen molar-refractivity contribution in [2.24, 2.45) is 23.0 Å². The molecule has 2 N–H and O–H groups in total. The Labute approximate surface area is 64.0 Å². The fraction of sp³-hybridized carbons (Fsp3) is 1.00. The van der Waals surface area contributed by atoms with Gasteiger partial charge in [-0.3, -0.25) is 0 Å². The van der Waals surface area contributed by atoms with E-state index in [2.05, 4.69) is 20.8 Å². The van der Waals surface area contributed by atoms with Gasteiger partial charge in [-0.1, -0.05) is 20.8 Å². The Balaban J connectivity index is 2.17. The highest BCUT2D eigenvalue weighted by Crippen LogP contribution is 2.54. The Bertz CT molecular complexity index is 118. The zero-order valence-corrected chi connectivity index (χ0v) is 7.35. The van der Waals surface area contributed by atoms with Crippen molar-refractivity contribution >= 4 is 0 Å². The molecule has 0 aromatic rings. The number of nitrogens with two attached hydrogens (primary N) is 1. The zero-order valence-electron chi connectivity index (χ0n) is 7.35. The molecule has 10 heavy (non-hydrogen) atoms. The highest BCUT2D eigenvalue weighted by molar-refractivity contribution is 4.95. The summed E-state index contributed by atoms with van der Waals surface area (Å²) in [5, 5.41) is 0. The maximum atomic E-state index is 5.54. The van der Waals surface area contributed by atoms with Crippen LogP contribution >= 0.6 is 0 Å². The Kier molecular flexibility index (Phi) is 2.04. The van der Waals surface area contributed by atoms with Crippen LogP contribution in [0.2, 0.25) is 0 Å². The lowest BCUT2D eigenvalue weighted by Gasteiger charge is -2.08. The molecule has 1 fully saturated rings. The van der Waals surface area contributed by atoms with Gasteiger partial charge in [0, 0.05) is 0 Å². The Hall–Kier alpha value is -0.0400. The predicted octanol–water partition coefficient (Wildman–Crippen LogP) is 2.02. The van der Waals surface area contributed by atoms with E-state index >= 15 is 0 Å². The lowest BCUT2D eigenvalue weighted by atomic mass is 10.00. The van der Waals surface area contributed by atoms with Crippen LogP contribution in [0.4, 0.5) is 0 Å². The van der Waals surface area contributed by atoms with Crippen LogP contribution in [-0.2, 0) is 0 Å². The van der Waals surface area contributed by atoms with Crippen LogP contribution in [0.5, 0.6) is 0 Å². The molecule has 0 heterocycles. The van der Waals surface area contributed by atoms with Crippen LogP contribution in [0.15, 0.2) is 0 Å². The van der Waals surface area contributed by atoms with E-state index in [-0.39, 0.29) is 0 Å². The summed E-state index contributed by atoms with van der Waals surface area (Å²) in [6.07, 6.45) is 2.75. The quantitative estimate of drug-likeness (QED) is 0.639. The molecular formula is C9H19N. The summed E-state index contributed by atoms with van der Waals surface area (Å²) in [6.45, 7) is 7.79. The van der Waals surface area contributed by atoms with Gasteiger partial charge < -0.3 is 5.73 Å². The summed E-state index contributed by atoms with van der Waals surface area (Å²) in [4.78, 5) is 0. The van der Waals surface area contributed by atoms with Crippen molar-refractivity contribution in [1.29, 1.82) is 0 Å². The Morgan fingerprint density at radius 1 is 1.60 bits per heavy atom. The maximum Gasteiger partial charge on any atom is -0.00514 e. The first-order valence-electron chi connectivity index (χ1n) is 4.26. The largest absolute Gasteiger partial charge is 0.330 e. The van der Waals surface area contributed by atoms with Crippen molar-refractivity contribution in [3.8, 4) is 0 Å². The summed E-state index contributed by atoms with van der Waals surface area (Å²) in [7, 11) is 0. The van der Waals surface area contributed by atoms with Gasteiger partial charge in [0.25, 0.3) is 0 Å². The molecule has 60 valence electrons. The van der Waals surface area contributed by atoms with Crippen LogP contribution in [0, 0.1) is 17.3 Å². The molecule has 1 nitrogen and oxygen atoms in total. The van der Waals surface area contributed by atoms with Gasteiger partial charge in [-0.25, -0.2) is 0 Å². The van der Waals surface area contributed by atoms with E-state index < -0.39 is 0 Å². The van der Waals surface area contributed by atoms with Crippen LogP contribution in [0.3, 0.4) is 0 Å². The standard InChI is InChI=1S/C9H19N/c1-7(6-10)4-8-5-9(8,2)3/h7-8H,4-6,10H2,1-3H3/t7-,8?/m0/s1. The van der Waals surface area contributed by atoms with Crippen molar-refractivity contribution < 1.29 is 0 Å². The summed E-state index contributed by atoms with van der Waals surface area (Å²) >= 11 is 0. The van der Waals surface area contributed by atoms with Crippen LogP contribution in [0.1, 0.15) is 33.6 Å². The summed E-state index contributed by atoms with van der Waals surface area (Å²) in [6, 6.07) is 0. The second-order valence-corrected chi connectivity index (χ2v) is 4.47. The molecule has 0 saturated heterocycles. The van der Waals surface area contributed by atoms with Gasteiger partial charge >= 0.3 is 0 Å². The molecular weight excluding hydrogens is 122 g/mol. The third-order valence-electron chi connectivity index (χ3n) is 2.81. The van der Waals surface area contributed by atoms with Gasteiger partial charge in [0.1, 0.15) is 0 Å². The first-order chi connectivity index (χ1) is 4.56. The van der Waals surface area contributed by atoms with E-state index in [1.807, 2.05) is 0 Å². The van der Waals surface area contributed by atoms with Gasteiger partial charge in [0.2, 0.25) is 0 Å². The third kappa shape index (κ3) is 1.72. The molecule has 0 aliphatic heterocycles. The molecule has 1 rings (SSSR count). The van der Waals surface area contributed by atoms with Crippen molar-refractivity contribution in [3.05, 3.63) is 0 Å². The Morgan fingerprint density at radius 2 is 2.10 bits per heavy atom. The van der Waals surface area contributed by atoms with E-state index in [1.165, 1.54) is 12.8 Å². The first kappa shape index (κ1) is 8.06. The molecule has 0 spiro atoms. The fourth-order valence-electron chi connectivity index (χ4n) is 1.56. The van der Waals surface area contributed by atoms with Gasteiger partial charge in [0.15, 0.2) is 0 Å². The van der Waals surface area contributed by atoms with Crippen molar-refractivity contribution in [2.45, 2.75) is 33.6 Å². The van der Waals surface area contributed by atoms with E-state index in [0.717, 1.165) is 18.4 Å². The average Bonchev–Trinajstić information content (AvgIpc) is 2.40. The van der Waals surface area contributed by atoms with Gasteiger partial charge in [-0.15, -0.1) is 0 Å². The molecule has 0 bridgehead atoms. The minimum atomic E-state index is 0.642. The molecule has 2 atom stereocenters. The molecule has 1 unspecified atom stereocenters. The molecule has 0 radical (unpaired) electrons. The molecule has 0 amide bonds. The molecule has 1 saturated carbocycles. The topological polar surface area (TPSA) is 26.0 Å². The lowest BCUT2D eigenvalue weighted by molar-refractivity contribution is 0.444. The second-order valence-electron chi connectivity index (χ2n) is 4.47. The van der Waals surface area contributed by atoms with Crippen LogP contribution in [0.25, 0.3) is 0 Å². The predicted molar refractivity (Wildman–Crippen MR) is 44.7 cm³/mol. The summed E-state index contributed by atoms with van der Waals surface area (Å²) in [5.41, 5.74) is 6.18. The zero-order chi connectivity index (χ0) is 7.78. The van der Waals surface area contributed by atoms with E-state index in [0.29, 0.717) is 5.41 Å². The molecule has 0 aromatic carbocycles. The lowest BCUT2D eigenvalue weighted by Crippen LogP contribution is -2.12. The van der Waals surface area contributed by atoms with Gasteiger partial charge in [-0.2, -0.15) is 0 Å². The summed E-state index contributed by atoms with van der Waals surface area (Å²) in [5.74, 6) is 1.69. The van der Waals surface area contributed by atoms with E-state index in [4.69, 9.17) is 5.73 Å². The number of hydrogen-bond acceptors (Lipinski definition) is 1. The summed E-state index contributed by atoms with van der Waals surface area (Å²) < 4.78 is 0.